The number of nitrogens with one attached hydrogen (secondary N) is 1. The zero-order valence-electron chi connectivity index (χ0n) is 11.2. The molecule has 0 saturated heterocycles. The molecule has 22 heavy (non-hydrogen) atoms. The Labute approximate surface area is 132 Å². The molecule has 1 aromatic carbocycles. The molecular weight excluding hydrogens is 341 g/mol. The van der Waals surface area contributed by atoms with E-state index in [1.807, 2.05) is 0 Å². The number of ether oxygens (including phenoxy) is 1. The molecule has 9 heteroatoms. The summed E-state index contributed by atoms with van der Waals surface area (Å²) in [5.74, 6) is -0.624. The van der Waals surface area contributed by atoms with Gasteiger partial charge in [-0.2, -0.15) is 13.2 Å². The molecule has 0 bridgehead atoms. The maximum Gasteiger partial charge on any atom is 0.393 e. The number of esters is 1. The SMILES string of the molecule is COC(=O)c1sc(Nc2cccc(CC(F)(F)F)c2)nc1Cl. The monoisotopic (exact) mass is 350 g/mol. The van der Waals surface area contributed by atoms with Crippen LogP contribution >= 0.6 is 22.9 Å². The van der Waals surface area contributed by atoms with Crippen molar-refractivity contribution in [2.45, 2.75) is 12.6 Å². The molecule has 0 saturated carbocycles. The van der Waals surface area contributed by atoms with Gasteiger partial charge in [0.15, 0.2) is 15.2 Å². The van der Waals surface area contributed by atoms with Crippen molar-refractivity contribution >= 4 is 39.7 Å². The summed E-state index contributed by atoms with van der Waals surface area (Å²) in [6.45, 7) is 0. The molecule has 2 aromatic rings. The van der Waals surface area contributed by atoms with Gasteiger partial charge >= 0.3 is 12.1 Å². The fourth-order valence-electron chi connectivity index (χ4n) is 1.69. The van der Waals surface area contributed by atoms with E-state index in [-0.39, 0.29) is 20.7 Å². The fraction of sp³-hybridized carbons (Fsp3) is 0.231. The molecule has 1 heterocycles. The van der Waals surface area contributed by atoms with Crippen LogP contribution in [-0.4, -0.2) is 24.2 Å². The Hall–Kier alpha value is -1.80. The highest BCUT2D eigenvalue weighted by Gasteiger charge is 2.27. The third-order valence-corrected chi connectivity index (χ3v) is 3.88. The van der Waals surface area contributed by atoms with Gasteiger partial charge in [-0.3, -0.25) is 0 Å². The number of hydrogen-bond donors (Lipinski definition) is 1. The third-order valence-electron chi connectivity index (χ3n) is 2.54. The quantitative estimate of drug-likeness (QED) is 0.829. The van der Waals surface area contributed by atoms with E-state index in [2.05, 4.69) is 15.0 Å². The van der Waals surface area contributed by atoms with Gasteiger partial charge in [0.1, 0.15) is 0 Å². The van der Waals surface area contributed by atoms with E-state index >= 15 is 0 Å². The smallest absolute Gasteiger partial charge is 0.393 e. The van der Waals surface area contributed by atoms with Crippen LogP contribution < -0.4 is 5.32 Å². The summed E-state index contributed by atoms with van der Waals surface area (Å²) in [6.07, 6.45) is -5.30. The highest BCUT2D eigenvalue weighted by atomic mass is 35.5. The number of rotatable bonds is 4. The van der Waals surface area contributed by atoms with Gasteiger partial charge in [-0.05, 0) is 17.7 Å². The summed E-state index contributed by atoms with van der Waals surface area (Å²) in [6, 6.07) is 5.83. The summed E-state index contributed by atoms with van der Waals surface area (Å²) < 4.78 is 41.7. The topological polar surface area (TPSA) is 51.2 Å². The lowest BCUT2D eigenvalue weighted by molar-refractivity contribution is -0.127. The lowest BCUT2D eigenvalue weighted by atomic mass is 10.1. The number of carbonyl (C=O) groups excluding carboxylic acids is 1. The minimum atomic E-state index is -4.28. The Bertz CT molecular complexity index is 688. The van der Waals surface area contributed by atoms with Gasteiger partial charge < -0.3 is 10.1 Å². The minimum Gasteiger partial charge on any atom is -0.465 e. The number of hydrogen-bond acceptors (Lipinski definition) is 5. The molecule has 0 amide bonds. The van der Waals surface area contributed by atoms with Crippen molar-refractivity contribution in [3.05, 3.63) is 39.9 Å². The van der Waals surface area contributed by atoms with Crippen LogP contribution in [0.25, 0.3) is 0 Å². The first-order valence-corrected chi connectivity index (χ1v) is 7.15. The van der Waals surface area contributed by atoms with Crippen molar-refractivity contribution in [1.29, 1.82) is 0 Å². The number of thiazole rings is 1. The Morgan fingerprint density at radius 2 is 2.18 bits per heavy atom. The zero-order valence-corrected chi connectivity index (χ0v) is 12.8. The first-order chi connectivity index (χ1) is 10.3. The summed E-state index contributed by atoms with van der Waals surface area (Å²) in [5, 5.41) is 3.08. The minimum absolute atomic E-state index is 0.0224. The molecule has 118 valence electrons. The first-order valence-electron chi connectivity index (χ1n) is 5.96. The van der Waals surface area contributed by atoms with Crippen LogP contribution in [0.2, 0.25) is 5.15 Å². The predicted molar refractivity (Wildman–Crippen MR) is 77.9 cm³/mol. The molecule has 4 nitrogen and oxygen atoms in total. The van der Waals surface area contributed by atoms with E-state index in [1.165, 1.54) is 25.3 Å². The number of halogens is 4. The lowest BCUT2D eigenvalue weighted by Gasteiger charge is -2.08. The van der Waals surface area contributed by atoms with E-state index in [0.717, 1.165) is 11.3 Å². The second-order valence-corrected chi connectivity index (χ2v) is 5.60. The Morgan fingerprint density at radius 3 is 2.82 bits per heavy atom. The summed E-state index contributed by atoms with van der Waals surface area (Å²) in [7, 11) is 1.21. The Kier molecular flexibility index (Phi) is 4.92. The molecule has 0 spiro atoms. The lowest BCUT2D eigenvalue weighted by Crippen LogP contribution is -2.11. The van der Waals surface area contributed by atoms with Gasteiger partial charge in [-0.25, -0.2) is 9.78 Å². The van der Waals surface area contributed by atoms with Crippen molar-refractivity contribution in [2.24, 2.45) is 0 Å². The van der Waals surface area contributed by atoms with Crippen LogP contribution in [0, 0.1) is 0 Å². The van der Waals surface area contributed by atoms with Gasteiger partial charge in [0.05, 0.1) is 13.5 Å². The fourth-order valence-corrected chi connectivity index (χ4v) is 2.81. The molecule has 0 aliphatic rings. The van der Waals surface area contributed by atoms with E-state index < -0.39 is 18.6 Å². The third kappa shape index (κ3) is 4.35. The zero-order chi connectivity index (χ0) is 16.3. The van der Waals surface area contributed by atoms with Crippen molar-refractivity contribution in [1.82, 2.24) is 4.98 Å². The molecule has 0 fully saturated rings. The van der Waals surface area contributed by atoms with Crippen molar-refractivity contribution in [3.63, 3.8) is 0 Å². The molecule has 0 aliphatic carbocycles. The molecular formula is C13H10ClF3N2O2S. The summed E-state index contributed by atoms with van der Waals surface area (Å²) in [5.41, 5.74) is 0.539. The number of carbonyl (C=O) groups is 1. The number of methoxy groups -OCH3 is 1. The summed E-state index contributed by atoms with van der Waals surface area (Å²) in [4.78, 5) is 15.5. The highest BCUT2D eigenvalue weighted by Crippen LogP contribution is 2.30. The molecule has 1 aromatic heterocycles. The van der Waals surface area contributed by atoms with E-state index in [1.54, 1.807) is 6.07 Å². The number of aromatic nitrogens is 1. The van der Waals surface area contributed by atoms with Crippen LogP contribution in [-0.2, 0) is 11.2 Å². The Morgan fingerprint density at radius 1 is 1.45 bits per heavy atom. The van der Waals surface area contributed by atoms with Crippen molar-refractivity contribution < 1.29 is 22.7 Å². The number of alkyl halides is 3. The number of nitrogens with zero attached hydrogens (tertiary/aromatic N) is 1. The molecule has 0 radical (unpaired) electrons. The van der Waals surface area contributed by atoms with Gasteiger partial charge in [0, 0.05) is 5.69 Å². The standard InChI is InChI=1S/C13H10ClF3N2O2S/c1-21-11(20)9-10(14)19-12(22-9)18-8-4-2-3-7(5-8)6-13(15,16)17/h2-5H,6H2,1H3,(H,18,19). The second-order valence-electron chi connectivity index (χ2n) is 4.25. The van der Waals surface area contributed by atoms with Crippen LogP contribution in [0.3, 0.4) is 0 Å². The van der Waals surface area contributed by atoms with E-state index in [9.17, 15) is 18.0 Å². The maximum atomic E-state index is 12.4. The normalized spacial score (nSPS) is 11.3. The Balaban J connectivity index is 2.17. The average molecular weight is 351 g/mol. The predicted octanol–water partition coefficient (Wildman–Crippen LogP) is 4.43. The molecule has 1 N–H and O–H groups in total. The van der Waals surface area contributed by atoms with Gasteiger partial charge in [-0.15, -0.1) is 0 Å². The number of anilines is 2. The molecule has 0 unspecified atom stereocenters. The molecule has 2 rings (SSSR count). The largest absolute Gasteiger partial charge is 0.465 e. The van der Waals surface area contributed by atoms with Gasteiger partial charge in [-0.1, -0.05) is 35.1 Å². The van der Waals surface area contributed by atoms with Crippen molar-refractivity contribution in [2.75, 3.05) is 12.4 Å². The maximum absolute atomic E-state index is 12.4. The summed E-state index contributed by atoms with van der Waals surface area (Å²) >= 11 is 6.77. The van der Waals surface area contributed by atoms with Gasteiger partial charge in [0.25, 0.3) is 0 Å². The average Bonchev–Trinajstić information content (AvgIpc) is 2.77. The van der Waals surface area contributed by atoms with Crippen LogP contribution in [0.5, 0.6) is 0 Å². The second kappa shape index (κ2) is 6.53. The first kappa shape index (κ1) is 16.6. The van der Waals surface area contributed by atoms with E-state index in [4.69, 9.17) is 11.6 Å². The van der Waals surface area contributed by atoms with Crippen LogP contribution in [0.15, 0.2) is 24.3 Å². The number of benzene rings is 1. The molecule has 0 aliphatic heterocycles. The van der Waals surface area contributed by atoms with Crippen molar-refractivity contribution in [3.8, 4) is 0 Å². The van der Waals surface area contributed by atoms with Crippen LogP contribution in [0.4, 0.5) is 24.0 Å². The van der Waals surface area contributed by atoms with E-state index in [0.29, 0.717) is 5.69 Å². The molecule has 0 atom stereocenters. The van der Waals surface area contributed by atoms with Gasteiger partial charge in [0.2, 0.25) is 0 Å². The van der Waals surface area contributed by atoms with Crippen LogP contribution in [0.1, 0.15) is 15.2 Å². The highest BCUT2D eigenvalue weighted by molar-refractivity contribution is 7.18.